The van der Waals surface area contributed by atoms with Crippen LogP contribution >= 0.6 is 0 Å². The van der Waals surface area contributed by atoms with Crippen LogP contribution in [0.1, 0.15) is 58.3 Å². The topological polar surface area (TPSA) is 26.3 Å². The second kappa shape index (κ2) is 4.40. The number of carbonyl (C=O) groups excluding carboxylic acids is 1. The van der Waals surface area contributed by atoms with Crippen LogP contribution < -0.4 is 0 Å². The lowest BCUT2D eigenvalue weighted by molar-refractivity contribution is -0.173. The van der Waals surface area contributed by atoms with Gasteiger partial charge in [-0.1, -0.05) is 19.4 Å². The second-order valence-corrected chi connectivity index (χ2v) is 6.59. The van der Waals surface area contributed by atoms with Gasteiger partial charge in [-0.05, 0) is 57.3 Å². The molecule has 0 N–H and O–H groups in total. The van der Waals surface area contributed by atoms with Crippen LogP contribution in [0.4, 0.5) is 0 Å². The van der Waals surface area contributed by atoms with Crippen molar-refractivity contribution in [2.75, 3.05) is 0 Å². The molecule has 3 unspecified atom stereocenters. The van der Waals surface area contributed by atoms with E-state index in [4.69, 9.17) is 4.74 Å². The summed E-state index contributed by atoms with van der Waals surface area (Å²) in [6.45, 7) is 5.50. The lowest BCUT2D eigenvalue weighted by Gasteiger charge is -2.45. The minimum absolute atomic E-state index is 0.116. The van der Waals surface area contributed by atoms with E-state index in [-0.39, 0.29) is 11.6 Å². The van der Waals surface area contributed by atoms with Crippen LogP contribution in [-0.4, -0.2) is 11.6 Å². The quantitative estimate of drug-likeness (QED) is 0.560. The molecule has 0 aromatic rings. The largest absolute Gasteiger partial charge is 0.455 e. The Hall–Kier alpha value is -0.790. The van der Waals surface area contributed by atoms with Gasteiger partial charge in [-0.3, -0.25) is 0 Å². The van der Waals surface area contributed by atoms with Crippen molar-refractivity contribution in [3.05, 3.63) is 12.2 Å². The lowest BCUT2D eigenvalue weighted by atomic mass is 9.68. The minimum Gasteiger partial charge on any atom is -0.455 e. The molecule has 0 saturated heterocycles. The average molecular weight is 248 g/mol. The van der Waals surface area contributed by atoms with Gasteiger partial charge in [0.2, 0.25) is 0 Å². The smallest absolute Gasteiger partial charge is 0.333 e. The normalized spacial score (nSPS) is 39.2. The molecule has 0 amide bonds. The predicted octanol–water partition coefficient (Wildman–Crippen LogP) is 3.85. The molecule has 100 valence electrons. The van der Waals surface area contributed by atoms with E-state index in [2.05, 4.69) is 6.58 Å². The Morgan fingerprint density at radius 1 is 1.17 bits per heavy atom. The number of esters is 1. The van der Waals surface area contributed by atoms with Gasteiger partial charge >= 0.3 is 5.97 Å². The summed E-state index contributed by atoms with van der Waals surface area (Å²) < 4.78 is 6.04. The summed E-state index contributed by atoms with van der Waals surface area (Å²) in [4.78, 5) is 12.0. The van der Waals surface area contributed by atoms with Crippen molar-refractivity contribution in [3.8, 4) is 0 Å². The fourth-order valence-corrected chi connectivity index (χ4v) is 4.40. The van der Waals surface area contributed by atoms with Crippen molar-refractivity contribution >= 4 is 5.97 Å². The maximum absolute atomic E-state index is 12.0. The summed E-state index contributed by atoms with van der Waals surface area (Å²) in [5.74, 6) is 1.94. The van der Waals surface area contributed by atoms with Gasteiger partial charge in [-0.2, -0.15) is 0 Å². The van der Waals surface area contributed by atoms with Crippen molar-refractivity contribution in [3.63, 3.8) is 0 Å². The van der Waals surface area contributed by atoms with Gasteiger partial charge < -0.3 is 4.74 Å². The Morgan fingerprint density at radius 2 is 1.89 bits per heavy atom. The molecule has 3 fully saturated rings. The van der Waals surface area contributed by atoms with Crippen molar-refractivity contribution in [1.29, 1.82) is 0 Å². The van der Waals surface area contributed by atoms with Crippen LogP contribution in [-0.2, 0) is 9.53 Å². The summed E-state index contributed by atoms with van der Waals surface area (Å²) >= 11 is 0. The molecule has 3 aliphatic carbocycles. The van der Waals surface area contributed by atoms with E-state index >= 15 is 0 Å². The zero-order valence-corrected chi connectivity index (χ0v) is 11.4. The molecule has 3 atom stereocenters. The molecule has 0 bridgehead atoms. The molecule has 3 rings (SSSR count). The van der Waals surface area contributed by atoms with Crippen LogP contribution in [0.3, 0.4) is 0 Å². The third-order valence-corrected chi connectivity index (χ3v) is 5.33. The molecule has 0 aromatic heterocycles. The van der Waals surface area contributed by atoms with Gasteiger partial charge in [0, 0.05) is 11.5 Å². The highest BCUT2D eigenvalue weighted by Crippen LogP contribution is 2.58. The number of hydrogen-bond donors (Lipinski definition) is 0. The molecular weight excluding hydrogens is 224 g/mol. The summed E-state index contributed by atoms with van der Waals surface area (Å²) in [6, 6.07) is 0. The number of rotatable bonds is 3. The molecule has 2 heteroatoms. The molecule has 3 saturated carbocycles. The second-order valence-electron chi connectivity index (χ2n) is 6.59. The van der Waals surface area contributed by atoms with Gasteiger partial charge in [-0.25, -0.2) is 4.79 Å². The molecule has 0 heterocycles. The van der Waals surface area contributed by atoms with Crippen molar-refractivity contribution in [1.82, 2.24) is 0 Å². The van der Waals surface area contributed by atoms with Crippen LogP contribution in [0.2, 0.25) is 0 Å². The van der Waals surface area contributed by atoms with Gasteiger partial charge in [-0.15, -0.1) is 0 Å². The van der Waals surface area contributed by atoms with Crippen LogP contribution in [0.5, 0.6) is 0 Å². The average Bonchev–Trinajstić information content (AvgIpc) is 3.08. The van der Waals surface area contributed by atoms with E-state index in [1.165, 1.54) is 44.9 Å². The summed E-state index contributed by atoms with van der Waals surface area (Å²) in [7, 11) is 0. The van der Waals surface area contributed by atoms with E-state index in [1.54, 1.807) is 6.92 Å². The van der Waals surface area contributed by atoms with E-state index < -0.39 is 0 Å². The fraction of sp³-hybridized carbons (Fsp3) is 0.812. The molecule has 0 aromatic carbocycles. The highest BCUT2D eigenvalue weighted by molar-refractivity contribution is 5.87. The first kappa shape index (κ1) is 12.3. The Morgan fingerprint density at radius 3 is 2.56 bits per heavy atom. The molecule has 2 nitrogen and oxygen atoms in total. The maximum Gasteiger partial charge on any atom is 0.333 e. The van der Waals surface area contributed by atoms with Crippen molar-refractivity contribution in [2.24, 2.45) is 17.8 Å². The molecule has 18 heavy (non-hydrogen) atoms. The van der Waals surface area contributed by atoms with Gasteiger partial charge in [0.05, 0.1) is 0 Å². The minimum atomic E-state index is -0.158. The van der Waals surface area contributed by atoms with Crippen LogP contribution in [0.25, 0.3) is 0 Å². The third kappa shape index (κ3) is 1.90. The predicted molar refractivity (Wildman–Crippen MR) is 71.0 cm³/mol. The van der Waals surface area contributed by atoms with E-state index in [0.717, 1.165) is 12.3 Å². The number of hydrogen-bond acceptors (Lipinski definition) is 2. The van der Waals surface area contributed by atoms with Gasteiger partial charge in [0.15, 0.2) is 0 Å². The standard InChI is InChI=1S/C16H24O2/c1-11(2)15(17)18-16(13-8-9-13)10-4-6-12-5-3-7-14(12)16/h12-14H,1,3-10H2,2H3. The van der Waals surface area contributed by atoms with Crippen LogP contribution in [0, 0.1) is 17.8 Å². The molecular formula is C16H24O2. The first-order valence-corrected chi connectivity index (χ1v) is 7.52. The lowest BCUT2D eigenvalue weighted by Crippen LogP contribution is -2.49. The summed E-state index contributed by atoms with van der Waals surface area (Å²) in [6.07, 6.45) is 10.1. The van der Waals surface area contributed by atoms with E-state index in [9.17, 15) is 4.79 Å². The van der Waals surface area contributed by atoms with E-state index in [1.807, 2.05) is 0 Å². The third-order valence-electron chi connectivity index (χ3n) is 5.33. The monoisotopic (exact) mass is 248 g/mol. The highest BCUT2D eigenvalue weighted by atomic mass is 16.6. The highest BCUT2D eigenvalue weighted by Gasteiger charge is 2.57. The maximum atomic E-state index is 12.0. The zero-order chi connectivity index (χ0) is 12.8. The fourth-order valence-electron chi connectivity index (χ4n) is 4.40. The molecule has 0 spiro atoms. The van der Waals surface area contributed by atoms with Gasteiger partial charge in [0.1, 0.15) is 5.60 Å². The van der Waals surface area contributed by atoms with Crippen LogP contribution in [0.15, 0.2) is 12.2 Å². The van der Waals surface area contributed by atoms with E-state index in [0.29, 0.717) is 17.4 Å². The number of carbonyl (C=O) groups is 1. The Labute approximate surface area is 110 Å². The summed E-state index contributed by atoms with van der Waals surface area (Å²) in [5, 5.41) is 0. The Bertz CT molecular complexity index is 369. The Kier molecular flexibility index (Phi) is 2.99. The molecule has 3 aliphatic rings. The van der Waals surface area contributed by atoms with Crippen molar-refractivity contribution < 1.29 is 9.53 Å². The first-order valence-electron chi connectivity index (χ1n) is 7.52. The van der Waals surface area contributed by atoms with Crippen molar-refractivity contribution in [2.45, 2.75) is 63.9 Å². The van der Waals surface area contributed by atoms with Gasteiger partial charge in [0.25, 0.3) is 0 Å². The first-order chi connectivity index (χ1) is 8.63. The number of ether oxygens (including phenoxy) is 1. The molecule has 0 aliphatic heterocycles. The SMILES string of the molecule is C=C(C)C(=O)OC1(C2CC2)CCCC2CCCC21. The zero-order valence-electron chi connectivity index (χ0n) is 11.4. The number of fused-ring (bicyclic) bond motifs is 1. The Balaban J connectivity index is 1.85. The summed E-state index contributed by atoms with van der Waals surface area (Å²) in [5.41, 5.74) is 0.435. The molecule has 0 radical (unpaired) electrons.